The first-order valence-electron chi connectivity index (χ1n) is 4.95. The van der Waals surface area contributed by atoms with Gasteiger partial charge in [-0.15, -0.1) is 0 Å². The van der Waals surface area contributed by atoms with Crippen LogP contribution in [0.25, 0.3) is 5.52 Å². The lowest BCUT2D eigenvalue weighted by atomic mass is 9.89. The Morgan fingerprint density at radius 2 is 2.14 bits per heavy atom. The first-order chi connectivity index (χ1) is 6.54. The van der Waals surface area contributed by atoms with Crippen LogP contribution in [-0.2, 0) is 6.42 Å². The van der Waals surface area contributed by atoms with Crippen LogP contribution in [0.15, 0.2) is 30.9 Å². The Kier molecular flexibility index (Phi) is 2.06. The third-order valence-corrected chi connectivity index (χ3v) is 2.19. The van der Waals surface area contributed by atoms with Crippen molar-refractivity contribution < 1.29 is 0 Å². The van der Waals surface area contributed by atoms with Crippen molar-refractivity contribution >= 4 is 5.52 Å². The molecule has 0 amide bonds. The Bertz CT molecular complexity index is 402. The quantitative estimate of drug-likeness (QED) is 0.672. The fourth-order valence-electron chi connectivity index (χ4n) is 1.73. The van der Waals surface area contributed by atoms with E-state index in [4.69, 9.17) is 0 Å². The summed E-state index contributed by atoms with van der Waals surface area (Å²) in [6.07, 6.45) is 8.98. The number of aromatic nitrogens is 2. The summed E-state index contributed by atoms with van der Waals surface area (Å²) in [5.41, 5.74) is 2.90. The maximum Gasteiger partial charge on any atom is 0.0636 e. The molecule has 0 aromatic carbocycles. The van der Waals surface area contributed by atoms with E-state index >= 15 is 0 Å². The van der Waals surface area contributed by atoms with Crippen LogP contribution in [0.3, 0.4) is 0 Å². The fraction of sp³-hybridized carbons (Fsp3) is 0.417. The molecule has 2 heteroatoms. The minimum atomic E-state index is 0.346. The maximum absolute atomic E-state index is 4.10. The van der Waals surface area contributed by atoms with E-state index in [1.165, 1.54) is 11.1 Å². The molecule has 2 heterocycles. The molecule has 2 rings (SSSR count). The molecular weight excluding hydrogens is 172 g/mol. The van der Waals surface area contributed by atoms with Gasteiger partial charge in [-0.05, 0) is 23.5 Å². The standard InChI is InChI=1S/C12H16N2/c1-12(2,3)7-10-6-11-8-13-4-5-14(11)9-10/h4-6,8-9H,7H2,1-3H3. The van der Waals surface area contributed by atoms with E-state index in [0.717, 1.165) is 6.42 Å². The van der Waals surface area contributed by atoms with Gasteiger partial charge in [-0.3, -0.25) is 4.98 Å². The van der Waals surface area contributed by atoms with E-state index < -0.39 is 0 Å². The second kappa shape index (κ2) is 3.12. The Labute approximate surface area is 84.6 Å². The largest absolute Gasteiger partial charge is 0.321 e. The minimum absolute atomic E-state index is 0.346. The van der Waals surface area contributed by atoms with Gasteiger partial charge in [0.05, 0.1) is 11.7 Å². The predicted molar refractivity (Wildman–Crippen MR) is 58.4 cm³/mol. The van der Waals surface area contributed by atoms with Crippen LogP contribution in [0.4, 0.5) is 0 Å². The van der Waals surface area contributed by atoms with Crippen LogP contribution < -0.4 is 0 Å². The van der Waals surface area contributed by atoms with Crippen molar-refractivity contribution in [3.63, 3.8) is 0 Å². The molecule has 0 radical (unpaired) electrons. The highest BCUT2D eigenvalue weighted by Crippen LogP contribution is 2.21. The topological polar surface area (TPSA) is 17.3 Å². The second-order valence-electron chi connectivity index (χ2n) is 4.99. The molecule has 0 bridgehead atoms. The number of hydrogen-bond acceptors (Lipinski definition) is 1. The Balaban J connectivity index is 2.36. The summed E-state index contributed by atoms with van der Waals surface area (Å²) >= 11 is 0. The van der Waals surface area contributed by atoms with Crippen molar-refractivity contribution in [1.29, 1.82) is 0 Å². The molecule has 0 saturated carbocycles. The van der Waals surface area contributed by atoms with Gasteiger partial charge in [0.15, 0.2) is 0 Å². The lowest BCUT2D eigenvalue weighted by Gasteiger charge is -2.16. The summed E-state index contributed by atoms with van der Waals surface area (Å²) in [4.78, 5) is 4.10. The van der Waals surface area contributed by atoms with Gasteiger partial charge in [-0.25, -0.2) is 0 Å². The number of rotatable bonds is 1. The van der Waals surface area contributed by atoms with Gasteiger partial charge < -0.3 is 4.40 Å². The average molecular weight is 188 g/mol. The third kappa shape index (κ3) is 1.95. The Morgan fingerprint density at radius 1 is 1.36 bits per heavy atom. The van der Waals surface area contributed by atoms with Crippen LogP contribution in [-0.4, -0.2) is 9.38 Å². The fourth-order valence-corrected chi connectivity index (χ4v) is 1.73. The lowest BCUT2D eigenvalue weighted by molar-refractivity contribution is 0.411. The van der Waals surface area contributed by atoms with Gasteiger partial charge in [0.2, 0.25) is 0 Å². The summed E-state index contributed by atoms with van der Waals surface area (Å²) in [5, 5.41) is 0. The van der Waals surface area contributed by atoms with E-state index in [9.17, 15) is 0 Å². The van der Waals surface area contributed by atoms with Crippen molar-refractivity contribution in [2.45, 2.75) is 27.2 Å². The number of hydrogen-bond donors (Lipinski definition) is 0. The van der Waals surface area contributed by atoms with E-state index in [-0.39, 0.29) is 0 Å². The number of nitrogens with zero attached hydrogens (tertiary/aromatic N) is 2. The highest BCUT2D eigenvalue weighted by Gasteiger charge is 2.12. The smallest absolute Gasteiger partial charge is 0.0636 e. The molecular formula is C12H16N2. The molecule has 0 fully saturated rings. The molecule has 0 aliphatic rings. The highest BCUT2D eigenvalue weighted by atomic mass is 14.9. The van der Waals surface area contributed by atoms with Crippen LogP contribution >= 0.6 is 0 Å². The molecule has 2 aromatic rings. The molecule has 0 saturated heterocycles. The van der Waals surface area contributed by atoms with Crippen LogP contribution in [0, 0.1) is 5.41 Å². The molecule has 14 heavy (non-hydrogen) atoms. The van der Waals surface area contributed by atoms with Crippen LogP contribution in [0.2, 0.25) is 0 Å². The van der Waals surface area contributed by atoms with Crippen molar-refractivity contribution in [2.24, 2.45) is 5.41 Å². The monoisotopic (exact) mass is 188 g/mol. The molecule has 0 N–H and O–H groups in total. The molecule has 0 unspecified atom stereocenters. The zero-order valence-electron chi connectivity index (χ0n) is 8.99. The van der Waals surface area contributed by atoms with Gasteiger partial charge in [-0.2, -0.15) is 0 Å². The summed E-state index contributed by atoms with van der Waals surface area (Å²) in [6, 6.07) is 2.21. The highest BCUT2D eigenvalue weighted by molar-refractivity contribution is 5.48. The summed E-state index contributed by atoms with van der Waals surface area (Å²) in [5.74, 6) is 0. The molecule has 0 spiro atoms. The average Bonchev–Trinajstić information content (AvgIpc) is 2.42. The molecule has 0 aliphatic carbocycles. The van der Waals surface area contributed by atoms with Gasteiger partial charge in [0, 0.05) is 18.6 Å². The van der Waals surface area contributed by atoms with Gasteiger partial charge >= 0.3 is 0 Å². The van der Waals surface area contributed by atoms with Gasteiger partial charge in [-0.1, -0.05) is 20.8 Å². The number of fused-ring (bicyclic) bond motifs is 1. The van der Waals surface area contributed by atoms with Crippen LogP contribution in [0.1, 0.15) is 26.3 Å². The van der Waals surface area contributed by atoms with Gasteiger partial charge in [0.1, 0.15) is 0 Å². The summed E-state index contributed by atoms with van der Waals surface area (Å²) in [6.45, 7) is 6.77. The zero-order valence-corrected chi connectivity index (χ0v) is 8.99. The Morgan fingerprint density at radius 3 is 2.79 bits per heavy atom. The first kappa shape index (κ1) is 9.25. The van der Waals surface area contributed by atoms with Gasteiger partial charge in [0.25, 0.3) is 0 Å². The van der Waals surface area contributed by atoms with Crippen molar-refractivity contribution in [3.8, 4) is 0 Å². The van der Waals surface area contributed by atoms with E-state index in [0.29, 0.717) is 5.41 Å². The summed E-state index contributed by atoms with van der Waals surface area (Å²) in [7, 11) is 0. The lowest BCUT2D eigenvalue weighted by Crippen LogP contribution is -2.08. The molecule has 2 nitrogen and oxygen atoms in total. The van der Waals surface area contributed by atoms with E-state index in [1.807, 2.05) is 18.6 Å². The maximum atomic E-state index is 4.10. The van der Waals surface area contributed by atoms with E-state index in [1.54, 1.807) is 0 Å². The normalized spacial score (nSPS) is 12.2. The molecule has 0 atom stereocenters. The predicted octanol–water partition coefficient (Wildman–Crippen LogP) is 2.92. The van der Waals surface area contributed by atoms with Crippen molar-refractivity contribution in [3.05, 3.63) is 36.4 Å². The molecule has 0 aliphatic heterocycles. The van der Waals surface area contributed by atoms with Crippen molar-refractivity contribution in [1.82, 2.24) is 9.38 Å². The van der Waals surface area contributed by atoms with E-state index in [2.05, 4.69) is 42.4 Å². The third-order valence-electron chi connectivity index (χ3n) is 2.19. The Hall–Kier alpha value is -1.31. The summed E-state index contributed by atoms with van der Waals surface area (Å²) < 4.78 is 2.12. The first-order valence-corrected chi connectivity index (χ1v) is 4.95. The SMILES string of the molecule is CC(C)(C)Cc1cc2cnccn2c1. The second-order valence-corrected chi connectivity index (χ2v) is 4.99. The zero-order chi connectivity index (χ0) is 10.2. The van der Waals surface area contributed by atoms with Crippen LogP contribution in [0.5, 0.6) is 0 Å². The minimum Gasteiger partial charge on any atom is -0.321 e. The molecule has 2 aromatic heterocycles. The molecule has 74 valence electrons. The van der Waals surface area contributed by atoms with Crippen molar-refractivity contribution in [2.75, 3.05) is 0 Å².